The van der Waals surface area contributed by atoms with E-state index in [2.05, 4.69) is 30.6 Å². The number of rotatable bonds is 3. The third kappa shape index (κ3) is 2.02. The van der Waals surface area contributed by atoms with Gasteiger partial charge in [0.05, 0.1) is 11.4 Å². The van der Waals surface area contributed by atoms with E-state index >= 15 is 0 Å². The highest BCUT2D eigenvalue weighted by atomic mass is 16.1. The van der Waals surface area contributed by atoms with E-state index in [0.717, 1.165) is 35.2 Å². The van der Waals surface area contributed by atoms with Gasteiger partial charge in [0.25, 0.3) is 0 Å². The van der Waals surface area contributed by atoms with Gasteiger partial charge in [-0.15, -0.1) is 0 Å². The Balaban J connectivity index is 2.04. The van der Waals surface area contributed by atoms with Gasteiger partial charge in [0.2, 0.25) is 0 Å². The van der Waals surface area contributed by atoms with Crippen LogP contribution in [0.25, 0.3) is 5.70 Å². The van der Waals surface area contributed by atoms with Gasteiger partial charge in [0.1, 0.15) is 0 Å². The van der Waals surface area contributed by atoms with Crippen LogP contribution >= 0.6 is 0 Å². The molecule has 1 atom stereocenters. The molecular formula is C16H16N2O. The molecule has 0 bridgehead atoms. The molecule has 3 heteroatoms. The third-order valence-corrected chi connectivity index (χ3v) is 3.49. The fraction of sp³-hybridized carbons (Fsp3) is 0.188. The Morgan fingerprint density at radius 2 is 2.00 bits per heavy atom. The summed E-state index contributed by atoms with van der Waals surface area (Å²) in [6.45, 7) is 2.13. The molecule has 2 aliphatic heterocycles. The molecule has 0 amide bonds. The summed E-state index contributed by atoms with van der Waals surface area (Å²) in [4.78, 5) is 11.1. The zero-order valence-electron chi connectivity index (χ0n) is 10.8. The maximum Gasteiger partial charge on any atom is 0.152 e. The molecule has 96 valence electrons. The Kier molecular flexibility index (Phi) is 3.05. The van der Waals surface area contributed by atoms with Crippen LogP contribution in [0.3, 0.4) is 0 Å². The van der Waals surface area contributed by atoms with Gasteiger partial charge < -0.3 is 0 Å². The van der Waals surface area contributed by atoms with E-state index in [1.807, 2.05) is 35.4 Å². The van der Waals surface area contributed by atoms with Crippen LogP contribution in [0.5, 0.6) is 0 Å². The van der Waals surface area contributed by atoms with E-state index in [0.29, 0.717) is 0 Å². The van der Waals surface area contributed by atoms with Crippen LogP contribution in [-0.2, 0) is 4.79 Å². The number of aldehydes is 1. The van der Waals surface area contributed by atoms with Gasteiger partial charge in [-0.3, -0.25) is 9.80 Å². The summed E-state index contributed by atoms with van der Waals surface area (Å²) in [6, 6.07) is 10.5. The van der Waals surface area contributed by atoms with Crippen molar-refractivity contribution in [1.29, 1.82) is 0 Å². The van der Waals surface area contributed by atoms with Crippen molar-refractivity contribution in [3.05, 3.63) is 65.4 Å². The van der Waals surface area contributed by atoms with Crippen LogP contribution in [0.15, 0.2) is 59.8 Å². The lowest BCUT2D eigenvalue weighted by Crippen LogP contribution is -2.36. The van der Waals surface area contributed by atoms with Gasteiger partial charge in [-0.2, -0.15) is 0 Å². The average molecular weight is 252 g/mol. The Bertz CT molecular complexity index is 584. The number of hydrogen-bond acceptors (Lipinski definition) is 3. The highest BCUT2D eigenvalue weighted by molar-refractivity contribution is 5.85. The lowest BCUT2D eigenvalue weighted by atomic mass is 10.0. The zero-order chi connectivity index (χ0) is 13.2. The molecule has 0 radical (unpaired) electrons. The molecule has 2 heterocycles. The summed E-state index contributed by atoms with van der Waals surface area (Å²) < 4.78 is 0. The van der Waals surface area contributed by atoms with E-state index in [4.69, 9.17) is 0 Å². The first kappa shape index (κ1) is 11.9. The summed E-state index contributed by atoms with van der Waals surface area (Å²) in [5.41, 5.74) is 7.33. The maximum atomic E-state index is 11.1. The first-order valence-corrected chi connectivity index (χ1v) is 6.54. The molecular weight excluding hydrogens is 236 g/mol. The number of hydrazine groups is 1. The Labute approximate surface area is 112 Å². The van der Waals surface area contributed by atoms with E-state index in [9.17, 15) is 4.79 Å². The van der Waals surface area contributed by atoms with E-state index in [-0.39, 0.29) is 6.04 Å². The summed E-state index contributed by atoms with van der Waals surface area (Å²) in [6.07, 6.45) is 7.90. The molecule has 1 unspecified atom stereocenters. The second-order valence-electron chi connectivity index (χ2n) is 4.69. The van der Waals surface area contributed by atoms with Crippen molar-refractivity contribution in [1.82, 2.24) is 10.4 Å². The van der Waals surface area contributed by atoms with Crippen LogP contribution in [0, 0.1) is 0 Å². The number of carbonyl (C=O) groups is 1. The van der Waals surface area contributed by atoms with Gasteiger partial charge in [-0.05, 0) is 30.2 Å². The second kappa shape index (κ2) is 4.86. The predicted molar refractivity (Wildman–Crippen MR) is 75.7 cm³/mol. The molecule has 0 saturated heterocycles. The number of nitrogens with zero attached hydrogens (tertiary/aromatic N) is 1. The smallest absolute Gasteiger partial charge is 0.152 e. The number of benzene rings is 1. The minimum absolute atomic E-state index is 0.281. The van der Waals surface area contributed by atoms with Crippen molar-refractivity contribution in [2.24, 2.45) is 0 Å². The number of allylic oxidation sites excluding steroid dienone is 3. The molecule has 1 N–H and O–H groups in total. The number of hydrogen-bond donors (Lipinski definition) is 1. The zero-order valence-corrected chi connectivity index (χ0v) is 10.8. The highest BCUT2D eigenvalue weighted by Gasteiger charge is 2.29. The number of fused-ring (bicyclic) bond motifs is 1. The maximum absolute atomic E-state index is 11.1. The number of carbonyl (C=O) groups excluding carboxylic acids is 1. The van der Waals surface area contributed by atoms with Crippen molar-refractivity contribution in [2.75, 3.05) is 0 Å². The Morgan fingerprint density at radius 1 is 1.21 bits per heavy atom. The van der Waals surface area contributed by atoms with E-state index in [1.165, 1.54) is 0 Å². The molecule has 3 rings (SSSR count). The molecule has 3 nitrogen and oxygen atoms in total. The first-order valence-electron chi connectivity index (χ1n) is 6.54. The molecule has 0 spiro atoms. The molecule has 0 saturated carbocycles. The van der Waals surface area contributed by atoms with Crippen LogP contribution in [-0.4, -0.2) is 17.3 Å². The average Bonchev–Trinajstić information content (AvgIpc) is 2.91. The second-order valence-corrected chi connectivity index (χ2v) is 4.69. The van der Waals surface area contributed by atoms with E-state index in [1.54, 1.807) is 0 Å². The quantitative estimate of drug-likeness (QED) is 0.839. The van der Waals surface area contributed by atoms with Gasteiger partial charge in [0.15, 0.2) is 6.29 Å². The lowest BCUT2D eigenvalue weighted by molar-refractivity contribution is -0.104. The minimum Gasteiger partial charge on any atom is -0.298 e. The Morgan fingerprint density at radius 3 is 2.68 bits per heavy atom. The van der Waals surface area contributed by atoms with Crippen molar-refractivity contribution in [3.8, 4) is 0 Å². The molecule has 0 aliphatic carbocycles. The van der Waals surface area contributed by atoms with Crippen molar-refractivity contribution >= 4 is 12.0 Å². The molecule has 19 heavy (non-hydrogen) atoms. The van der Waals surface area contributed by atoms with Crippen molar-refractivity contribution < 1.29 is 4.79 Å². The van der Waals surface area contributed by atoms with Gasteiger partial charge in [-0.25, -0.2) is 5.43 Å². The van der Waals surface area contributed by atoms with Crippen LogP contribution < -0.4 is 5.43 Å². The van der Waals surface area contributed by atoms with Crippen LogP contribution in [0.4, 0.5) is 0 Å². The standard InChI is InChI=1S/C16H16N2O/c1-2-14-10-16-13(11-19)8-9-15(18(16)17-14)12-6-4-3-5-7-12/h3-11,14,17H,2H2,1H3. The normalized spacial score (nSPS) is 21.4. The van der Waals surface area contributed by atoms with Crippen LogP contribution in [0.2, 0.25) is 0 Å². The third-order valence-electron chi connectivity index (χ3n) is 3.49. The summed E-state index contributed by atoms with van der Waals surface area (Å²) >= 11 is 0. The number of nitrogens with one attached hydrogen (secondary N) is 1. The van der Waals surface area contributed by atoms with Crippen molar-refractivity contribution in [3.63, 3.8) is 0 Å². The molecule has 0 aromatic heterocycles. The fourth-order valence-corrected chi connectivity index (χ4v) is 2.43. The predicted octanol–water partition coefficient (Wildman–Crippen LogP) is 2.65. The fourth-order valence-electron chi connectivity index (χ4n) is 2.43. The molecule has 2 aliphatic rings. The molecule has 0 fully saturated rings. The highest BCUT2D eigenvalue weighted by Crippen LogP contribution is 2.33. The van der Waals surface area contributed by atoms with Gasteiger partial charge in [0, 0.05) is 11.6 Å². The van der Waals surface area contributed by atoms with E-state index < -0.39 is 0 Å². The molecule has 1 aromatic carbocycles. The lowest BCUT2D eigenvalue weighted by Gasteiger charge is -2.29. The van der Waals surface area contributed by atoms with Gasteiger partial charge >= 0.3 is 0 Å². The SMILES string of the molecule is CCC1C=C2C(C=O)=CC=C(c3ccccc3)N2N1. The van der Waals surface area contributed by atoms with Crippen molar-refractivity contribution in [2.45, 2.75) is 19.4 Å². The molecule has 1 aromatic rings. The first-order chi connectivity index (χ1) is 9.33. The Hall–Kier alpha value is -2.13. The summed E-state index contributed by atoms with van der Waals surface area (Å²) in [5, 5.41) is 2.02. The summed E-state index contributed by atoms with van der Waals surface area (Å²) in [7, 11) is 0. The van der Waals surface area contributed by atoms with Crippen LogP contribution in [0.1, 0.15) is 18.9 Å². The largest absolute Gasteiger partial charge is 0.298 e. The minimum atomic E-state index is 0.281. The topological polar surface area (TPSA) is 32.3 Å². The van der Waals surface area contributed by atoms with Gasteiger partial charge in [-0.1, -0.05) is 37.3 Å². The monoisotopic (exact) mass is 252 g/mol. The summed E-state index contributed by atoms with van der Waals surface area (Å²) in [5.74, 6) is 0.